The van der Waals surface area contributed by atoms with Gasteiger partial charge in [0.1, 0.15) is 11.6 Å². The van der Waals surface area contributed by atoms with Crippen molar-refractivity contribution in [3.05, 3.63) is 42.1 Å². The molecule has 2 amide bonds. The van der Waals surface area contributed by atoms with Gasteiger partial charge in [-0.2, -0.15) is 5.10 Å². The molecule has 0 radical (unpaired) electrons. The van der Waals surface area contributed by atoms with E-state index in [-0.39, 0.29) is 18.6 Å². The van der Waals surface area contributed by atoms with Crippen LogP contribution in [0.5, 0.6) is 5.75 Å². The smallest absolute Gasteiger partial charge is 0.256 e. The summed E-state index contributed by atoms with van der Waals surface area (Å²) >= 11 is 0. The van der Waals surface area contributed by atoms with Crippen molar-refractivity contribution >= 4 is 17.6 Å². The number of rotatable bonds is 7. The Morgan fingerprint density at radius 2 is 2.00 bits per heavy atom. The molecule has 0 aliphatic carbocycles. The van der Waals surface area contributed by atoms with E-state index in [1.54, 1.807) is 41.2 Å². The Bertz CT molecular complexity index is 679. The molecule has 0 aliphatic rings. The van der Waals surface area contributed by atoms with Crippen LogP contribution in [0.4, 0.5) is 5.82 Å². The summed E-state index contributed by atoms with van der Waals surface area (Å²) in [6.45, 7) is 3.90. The zero-order valence-electron chi connectivity index (χ0n) is 13.2. The molecule has 3 N–H and O–H groups in total. The molecule has 0 spiro atoms. The molecule has 2 aromatic rings. The van der Waals surface area contributed by atoms with Gasteiger partial charge in [-0.1, -0.05) is 6.92 Å². The minimum atomic E-state index is -0.551. The summed E-state index contributed by atoms with van der Waals surface area (Å²) in [5, 5.41) is 7.07. The predicted molar refractivity (Wildman–Crippen MR) is 86.3 cm³/mol. The number of anilines is 1. The van der Waals surface area contributed by atoms with Gasteiger partial charge < -0.3 is 15.8 Å². The third-order valence-electron chi connectivity index (χ3n) is 3.42. The second-order valence-corrected chi connectivity index (χ2v) is 5.15. The van der Waals surface area contributed by atoms with Gasteiger partial charge in [0.15, 0.2) is 6.61 Å². The van der Waals surface area contributed by atoms with Crippen molar-refractivity contribution in [3.63, 3.8) is 0 Å². The van der Waals surface area contributed by atoms with Crippen molar-refractivity contribution < 1.29 is 14.3 Å². The molecule has 1 aromatic heterocycles. The molecule has 23 heavy (non-hydrogen) atoms. The van der Waals surface area contributed by atoms with E-state index in [0.29, 0.717) is 17.1 Å². The van der Waals surface area contributed by atoms with Gasteiger partial charge in [-0.25, -0.2) is 4.68 Å². The van der Waals surface area contributed by atoms with Gasteiger partial charge in [-0.05, 0) is 37.6 Å². The van der Waals surface area contributed by atoms with Crippen LogP contribution in [-0.2, 0) is 4.79 Å². The van der Waals surface area contributed by atoms with E-state index in [0.717, 1.165) is 6.42 Å². The lowest BCUT2D eigenvalue weighted by molar-refractivity contribution is -0.119. The molecule has 1 aromatic carbocycles. The van der Waals surface area contributed by atoms with E-state index >= 15 is 0 Å². The van der Waals surface area contributed by atoms with E-state index in [1.165, 1.54) is 0 Å². The molecule has 1 unspecified atom stereocenters. The lowest BCUT2D eigenvalue weighted by atomic mass is 10.2. The monoisotopic (exact) mass is 316 g/mol. The van der Waals surface area contributed by atoms with Crippen molar-refractivity contribution in [2.75, 3.05) is 11.9 Å². The molecule has 0 fully saturated rings. The predicted octanol–water partition coefficient (Wildman–Crippen LogP) is 1.97. The molecular formula is C16H20N4O3. The first-order valence-corrected chi connectivity index (χ1v) is 7.37. The number of carbonyl (C=O) groups is 2. The SMILES string of the molecule is CCC(C)n1nccc1NC(=O)c1ccc(OCC(N)=O)cc1. The number of nitrogens with one attached hydrogen (secondary N) is 1. The highest BCUT2D eigenvalue weighted by Crippen LogP contribution is 2.18. The standard InChI is InChI=1S/C16H20N4O3/c1-3-11(2)20-15(8-9-18-20)19-16(22)12-4-6-13(7-5-12)23-10-14(17)21/h4-9,11H,3,10H2,1-2H3,(H2,17,21)(H,19,22). The van der Waals surface area contributed by atoms with Crippen LogP contribution < -0.4 is 15.8 Å². The van der Waals surface area contributed by atoms with Crippen LogP contribution in [-0.4, -0.2) is 28.2 Å². The number of carbonyl (C=O) groups excluding carboxylic acids is 2. The van der Waals surface area contributed by atoms with Gasteiger partial charge in [0.25, 0.3) is 11.8 Å². The Balaban J connectivity index is 2.04. The van der Waals surface area contributed by atoms with Gasteiger partial charge in [0, 0.05) is 11.6 Å². The van der Waals surface area contributed by atoms with E-state index in [1.807, 2.05) is 6.92 Å². The first-order chi connectivity index (χ1) is 11.0. The maximum absolute atomic E-state index is 12.3. The van der Waals surface area contributed by atoms with Crippen molar-refractivity contribution in [2.24, 2.45) is 5.73 Å². The largest absolute Gasteiger partial charge is 0.484 e. The average Bonchev–Trinajstić information content (AvgIpc) is 3.00. The number of amides is 2. The van der Waals surface area contributed by atoms with Crippen LogP contribution in [0, 0.1) is 0 Å². The quantitative estimate of drug-likeness (QED) is 0.815. The normalized spacial score (nSPS) is 11.7. The van der Waals surface area contributed by atoms with Crippen LogP contribution >= 0.6 is 0 Å². The number of nitrogens with two attached hydrogens (primary N) is 1. The Morgan fingerprint density at radius 1 is 1.30 bits per heavy atom. The zero-order valence-corrected chi connectivity index (χ0v) is 13.2. The summed E-state index contributed by atoms with van der Waals surface area (Å²) in [6, 6.07) is 8.43. The van der Waals surface area contributed by atoms with Gasteiger partial charge in [0.05, 0.1) is 12.2 Å². The van der Waals surface area contributed by atoms with Crippen molar-refractivity contribution in [1.82, 2.24) is 9.78 Å². The summed E-state index contributed by atoms with van der Waals surface area (Å²) in [5.74, 6) is 0.338. The Labute approximate surface area is 134 Å². The fourth-order valence-electron chi connectivity index (χ4n) is 1.98. The fourth-order valence-corrected chi connectivity index (χ4v) is 1.98. The van der Waals surface area contributed by atoms with Crippen LogP contribution in [0.15, 0.2) is 36.5 Å². The number of ether oxygens (including phenoxy) is 1. The number of hydrogen-bond acceptors (Lipinski definition) is 4. The minimum absolute atomic E-state index is 0.195. The highest BCUT2D eigenvalue weighted by molar-refractivity contribution is 6.03. The van der Waals surface area contributed by atoms with E-state index in [2.05, 4.69) is 17.3 Å². The third-order valence-corrected chi connectivity index (χ3v) is 3.42. The van der Waals surface area contributed by atoms with Crippen molar-refractivity contribution in [1.29, 1.82) is 0 Å². The summed E-state index contributed by atoms with van der Waals surface area (Å²) in [4.78, 5) is 22.9. The summed E-state index contributed by atoms with van der Waals surface area (Å²) < 4.78 is 6.93. The summed E-state index contributed by atoms with van der Waals surface area (Å²) in [7, 11) is 0. The molecule has 7 heteroatoms. The number of aromatic nitrogens is 2. The molecule has 0 bridgehead atoms. The van der Waals surface area contributed by atoms with Crippen molar-refractivity contribution in [2.45, 2.75) is 26.3 Å². The van der Waals surface area contributed by atoms with E-state index in [4.69, 9.17) is 10.5 Å². The van der Waals surface area contributed by atoms with Gasteiger partial charge in [-0.3, -0.25) is 9.59 Å². The number of benzene rings is 1. The van der Waals surface area contributed by atoms with Crippen LogP contribution in [0.3, 0.4) is 0 Å². The molecule has 1 heterocycles. The number of hydrogen-bond donors (Lipinski definition) is 2. The van der Waals surface area contributed by atoms with E-state index in [9.17, 15) is 9.59 Å². The lowest BCUT2D eigenvalue weighted by Gasteiger charge is -2.14. The molecule has 0 aliphatic heterocycles. The highest BCUT2D eigenvalue weighted by Gasteiger charge is 2.12. The minimum Gasteiger partial charge on any atom is -0.484 e. The second-order valence-electron chi connectivity index (χ2n) is 5.15. The molecule has 1 atom stereocenters. The Morgan fingerprint density at radius 3 is 2.61 bits per heavy atom. The average molecular weight is 316 g/mol. The number of primary amides is 1. The Kier molecular flexibility index (Phi) is 5.35. The van der Waals surface area contributed by atoms with Crippen molar-refractivity contribution in [3.8, 4) is 5.75 Å². The summed E-state index contributed by atoms with van der Waals surface area (Å²) in [6.07, 6.45) is 2.57. The zero-order chi connectivity index (χ0) is 16.8. The van der Waals surface area contributed by atoms with Gasteiger partial charge >= 0.3 is 0 Å². The van der Waals surface area contributed by atoms with E-state index < -0.39 is 5.91 Å². The molecular weight excluding hydrogens is 296 g/mol. The van der Waals surface area contributed by atoms with Crippen LogP contribution in [0.1, 0.15) is 36.7 Å². The maximum atomic E-state index is 12.3. The first kappa shape index (κ1) is 16.5. The second kappa shape index (κ2) is 7.44. The molecule has 122 valence electrons. The van der Waals surface area contributed by atoms with Crippen LogP contribution in [0.2, 0.25) is 0 Å². The maximum Gasteiger partial charge on any atom is 0.256 e. The van der Waals surface area contributed by atoms with Crippen LogP contribution in [0.25, 0.3) is 0 Å². The fraction of sp³-hybridized carbons (Fsp3) is 0.312. The number of nitrogens with zero attached hydrogens (tertiary/aromatic N) is 2. The molecule has 0 saturated carbocycles. The van der Waals surface area contributed by atoms with Gasteiger partial charge in [0.2, 0.25) is 0 Å². The molecule has 0 saturated heterocycles. The highest BCUT2D eigenvalue weighted by atomic mass is 16.5. The Hall–Kier alpha value is -2.83. The lowest BCUT2D eigenvalue weighted by Crippen LogP contribution is -2.20. The topological polar surface area (TPSA) is 99.2 Å². The molecule has 7 nitrogen and oxygen atoms in total. The first-order valence-electron chi connectivity index (χ1n) is 7.37. The third kappa shape index (κ3) is 4.32. The summed E-state index contributed by atoms with van der Waals surface area (Å²) in [5.41, 5.74) is 5.49. The van der Waals surface area contributed by atoms with Gasteiger partial charge in [-0.15, -0.1) is 0 Å². The molecule has 2 rings (SSSR count).